The Bertz CT molecular complexity index is 1810. The van der Waals surface area contributed by atoms with Crippen molar-refractivity contribution in [3.63, 3.8) is 0 Å². The van der Waals surface area contributed by atoms with Gasteiger partial charge in [-0.25, -0.2) is 4.79 Å². The van der Waals surface area contributed by atoms with Crippen molar-refractivity contribution in [1.82, 2.24) is 9.80 Å². The van der Waals surface area contributed by atoms with Crippen molar-refractivity contribution in [2.75, 3.05) is 32.8 Å². The van der Waals surface area contributed by atoms with Crippen LogP contribution in [0.2, 0.25) is 0 Å². The van der Waals surface area contributed by atoms with E-state index < -0.39 is 52.2 Å². The van der Waals surface area contributed by atoms with Crippen molar-refractivity contribution in [3.05, 3.63) is 39.4 Å². The van der Waals surface area contributed by atoms with Crippen LogP contribution in [0.3, 0.4) is 0 Å². The number of hydrogen-bond acceptors (Lipinski definition) is 13. The van der Waals surface area contributed by atoms with Crippen LogP contribution in [0.25, 0.3) is 0 Å². The number of Topliss-reactive ketones (excluding diaryl/α,β-unsaturated/α-hetero) is 1. The number of aryl methyl sites for hydroxylation is 1. The average Bonchev–Trinajstić information content (AvgIpc) is 3.65. The Morgan fingerprint density at radius 1 is 1.16 bits per heavy atom. The molecule has 6 aliphatic heterocycles. The van der Waals surface area contributed by atoms with E-state index in [4.69, 9.17) is 23.7 Å². The van der Waals surface area contributed by atoms with Crippen LogP contribution < -0.4 is 18.9 Å². The van der Waals surface area contributed by atoms with Gasteiger partial charge in [-0.1, -0.05) is 0 Å². The fourth-order valence-electron chi connectivity index (χ4n) is 9.02. The number of cyclic esters (lactones) is 1. The van der Waals surface area contributed by atoms with Gasteiger partial charge in [0.25, 0.3) is 0 Å². The van der Waals surface area contributed by atoms with Crippen LogP contribution in [-0.2, 0) is 24.7 Å². The third-order valence-electron chi connectivity index (χ3n) is 10.5. The summed E-state index contributed by atoms with van der Waals surface area (Å²) in [5, 5.41) is 22.3. The predicted octanol–water partition coefficient (Wildman–Crippen LogP) is 3.25. The molecule has 45 heavy (non-hydrogen) atoms. The molecule has 13 heteroatoms. The first-order valence-corrected chi connectivity index (χ1v) is 15.9. The molecule has 2 aromatic carbocycles. The van der Waals surface area contributed by atoms with E-state index in [0.717, 1.165) is 11.1 Å². The largest absolute Gasteiger partial charge is 0.504 e. The van der Waals surface area contributed by atoms with Gasteiger partial charge in [0.2, 0.25) is 12.6 Å². The van der Waals surface area contributed by atoms with Gasteiger partial charge in [0, 0.05) is 53.7 Å². The number of nitrogens with zero attached hydrogens (tertiary/aromatic N) is 3. The molecule has 234 valence electrons. The molecule has 6 aliphatic rings. The zero-order valence-electron chi connectivity index (χ0n) is 25.4. The maximum absolute atomic E-state index is 13.0. The first-order chi connectivity index (χ1) is 21.5. The van der Waals surface area contributed by atoms with Crippen LogP contribution in [0, 0.1) is 25.2 Å². The van der Waals surface area contributed by atoms with Crippen molar-refractivity contribution in [1.29, 1.82) is 5.26 Å². The summed E-state index contributed by atoms with van der Waals surface area (Å²) in [5.74, 6) is -0.775. The Hall–Kier alpha value is -3.99. The maximum atomic E-state index is 13.0. The number of phenols is 1. The minimum atomic E-state index is -1.04. The number of thioether (sulfide) groups is 1. The van der Waals surface area contributed by atoms with Gasteiger partial charge in [-0.3, -0.25) is 19.4 Å². The summed E-state index contributed by atoms with van der Waals surface area (Å²) < 4.78 is 29.2. The number of benzene rings is 2. The van der Waals surface area contributed by atoms with Crippen LogP contribution in [0.15, 0.2) is 6.07 Å². The lowest BCUT2D eigenvalue weighted by molar-refractivity contribution is -0.156. The molecule has 3 saturated heterocycles. The zero-order valence-corrected chi connectivity index (χ0v) is 26.2. The highest BCUT2D eigenvalue weighted by Crippen LogP contribution is 2.71. The summed E-state index contributed by atoms with van der Waals surface area (Å²) in [6.45, 7) is 7.17. The summed E-state index contributed by atoms with van der Waals surface area (Å²) in [7, 11) is 1.52. The highest BCUT2D eigenvalue weighted by Gasteiger charge is 2.72. The van der Waals surface area contributed by atoms with Crippen molar-refractivity contribution >= 4 is 29.5 Å². The Labute approximate surface area is 263 Å². The fraction of sp³-hybridized carbons (Fsp3) is 0.500. The lowest BCUT2D eigenvalue weighted by Gasteiger charge is -2.58. The van der Waals surface area contributed by atoms with Gasteiger partial charge in [0.05, 0.1) is 36.3 Å². The van der Waals surface area contributed by atoms with Crippen LogP contribution in [-0.4, -0.2) is 77.0 Å². The van der Waals surface area contributed by atoms with Gasteiger partial charge < -0.3 is 28.8 Å². The van der Waals surface area contributed by atoms with Crippen LogP contribution in [0.5, 0.6) is 28.7 Å². The number of ketones is 1. The van der Waals surface area contributed by atoms with Gasteiger partial charge in [-0.15, -0.1) is 11.8 Å². The van der Waals surface area contributed by atoms with E-state index in [1.807, 2.05) is 13.0 Å². The SMILES string of the molecule is COc1c(C)cc2c(c1O)C1C3[C@@H]4SCC(=O)C(=O)OC[C@@H](c5c6c(c(C)c(OC(C)=O)c54)OCO6)N3[C@@]3(C#N)CN1C2(C)C3. The number of hydrogen-bond donors (Lipinski definition) is 1. The van der Waals surface area contributed by atoms with Gasteiger partial charge in [-0.2, -0.15) is 5.26 Å². The number of methoxy groups -OCH3 is 1. The molecule has 1 N–H and O–H groups in total. The molecule has 0 spiro atoms. The average molecular weight is 634 g/mol. The van der Waals surface area contributed by atoms with E-state index in [1.54, 1.807) is 6.92 Å². The third kappa shape index (κ3) is 3.42. The van der Waals surface area contributed by atoms with Crippen LogP contribution in [0.4, 0.5) is 0 Å². The monoisotopic (exact) mass is 633 g/mol. The summed E-state index contributed by atoms with van der Waals surface area (Å²) in [6, 6.07) is 2.98. The minimum absolute atomic E-state index is 0.0419. The highest BCUT2D eigenvalue weighted by atomic mass is 32.2. The van der Waals surface area contributed by atoms with E-state index >= 15 is 0 Å². The first kappa shape index (κ1) is 28.5. The molecule has 6 heterocycles. The molecule has 0 radical (unpaired) electrons. The molecule has 8 rings (SSSR count). The quantitative estimate of drug-likeness (QED) is 0.293. The normalized spacial score (nSPS) is 32.4. The second-order valence-corrected chi connectivity index (χ2v) is 13.9. The Morgan fingerprint density at radius 2 is 1.91 bits per heavy atom. The number of carbonyl (C=O) groups is 3. The molecule has 0 amide bonds. The summed E-state index contributed by atoms with van der Waals surface area (Å²) in [4.78, 5) is 42.8. The van der Waals surface area contributed by atoms with Crippen LogP contribution >= 0.6 is 11.8 Å². The number of aromatic hydroxyl groups is 1. The van der Waals surface area contributed by atoms with Gasteiger partial charge in [0.1, 0.15) is 17.9 Å². The Balaban J connectivity index is 1.48. The first-order valence-electron chi connectivity index (χ1n) is 14.8. The third-order valence-corrected chi connectivity index (χ3v) is 11.8. The van der Waals surface area contributed by atoms with Gasteiger partial charge >= 0.3 is 11.9 Å². The van der Waals surface area contributed by atoms with Crippen molar-refractivity contribution in [3.8, 4) is 34.8 Å². The van der Waals surface area contributed by atoms with Crippen molar-refractivity contribution in [2.45, 2.75) is 68.6 Å². The smallest absolute Gasteiger partial charge is 0.375 e. The number of carbonyl (C=O) groups excluding carboxylic acids is 3. The molecule has 12 nitrogen and oxygen atoms in total. The number of phenolic OH excluding ortho intramolecular Hbond substituents is 1. The summed E-state index contributed by atoms with van der Waals surface area (Å²) in [6.07, 6.45) is 0.417. The highest BCUT2D eigenvalue weighted by molar-refractivity contribution is 8.00. The molecule has 6 atom stereocenters. The molecular weight excluding hydrogens is 602 g/mol. The molecular formula is C32H31N3O9S. The maximum Gasteiger partial charge on any atom is 0.375 e. The summed E-state index contributed by atoms with van der Waals surface area (Å²) in [5.41, 5.74) is 2.60. The van der Waals surface area contributed by atoms with E-state index in [-0.39, 0.29) is 24.9 Å². The second-order valence-electron chi connectivity index (χ2n) is 12.8. The number of ether oxygens (including phenoxy) is 5. The second kappa shape index (κ2) is 9.28. The molecule has 2 aromatic rings. The van der Waals surface area contributed by atoms with Gasteiger partial charge in [-0.05, 0) is 38.0 Å². The lowest BCUT2D eigenvalue weighted by atomic mass is 9.72. The minimum Gasteiger partial charge on any atom is -0.504 e. The number of fused-ring (bicyclic) bond motifs is 9. The zero-order chi connectivity index (χ0) is 31.7. The lowest BCUT2D eigenvalue weighted by Crippen LogP contribution is -2.66. The van der Waals surface area contributed by atoms with E-state index in [9.17, 15) is 24.8 Å². The molecule has 3 unspecified atom stereocenters. The van der Waals surface area contributed by atoms with Crippen LogP contribution in [0.1, 0.15) is 71.0 Å². The standard InChI is InChI=1S/C32H31N3O9S/c1-13-6-16-19(24(38)25(13)40-5)22-23-29-21-20(28-27(42-12-43-28)14(2)26(21)44-15(3)36)17(7-41-30(39)18(37)8-45-29)35(23)32(10-33)9-31(16,4)34(22)11-32/h6,17,22-23,29,38H,7-9,11-12H2,1-5H3/t17-,22?,23?,29+,31?,32-/m0/s1. The van der Waals surface area contributed by atoms with Crippen molar-refractivity contribution in [2.24, 2.45) is 0 Å². The fourth-order valence-corrected chi connectivity index (χ4v) is 10.3. The molecule has 0 aliphatic carbocycles. The van der Waals surface area contributed by atoms with Gasteiger partial charge in [0.15, 0.2) is 23.0 Å². The van der Waals surface area contributed by atoms with E-state index in [1.165, 1.54) is 25.8 Å². The topological polar surface area (TPSA) is 148 Å². The molecule has 0 saturated carbocycles. The van der Waals surface area contributed by atoms with E-state index in [0.29, 0.717) is 58.2 Å². The summed E-state index contributed by atoms with van der Waals surface area (Å²) >= 11 is 1.24. The molecule has 4 bridgehead atoms. The Kier molecular flexibility index (Phi) is 5.87. The number of nitriles is 1. The molecule has 0 aromatic heterocycles. The van der Waals surface area contributed by atoms with E-state index in [2.05, 4.69) is 22.8 Å². The predicted molar refractivity (Wildman–Crippen MR) is 157 cm³/mol. The molecule has 3 fully saturated rings. The Morgan fingerprint density at radius 3 is 2.62 bits per heavy atom. The number of rotatable bonds is 2. The number of piperazine rings is 1. The number of esters is 2. The van der Waals surface area contributed by atoms with Crippen molar-refractivity contribution < 1.29 is 43.2 Å².